The van der Waals surface area contributed by atoms with Gasteiger partial charge in [-0.25, -0.2) is 13.4 Å². The number of hydrogen-bond acceptors (Lipinski definition) is 8. The van der Waals surface area contributed by atoms with Crippen LogP contribution in [0.25, 0.3) is 11.4 Å². The van der Waals surface area contributed by atoms with Crippen molar-refractivity contribution in [1.29, 1.82) is 0 Å². The summed E-state index contributed by atoms with van der Waals surface area (Å²) in [5.74, 6) is -0.370. The zero-order valence-corrected chi connectivity index (χ0v) is 18.4. The molecule has 0 saturated carbocycles. The first-order valence-corrected chi connectivity index (χ1v) is 11.2. The van der Waals surface area contributed by atoms with Crippen LogP contribution in [0.2, 0.25) is 0 Å². The first kappa shape index (κ1) is 22.2. The highest BCUT2D eigenvalue weighted by molar-refractivity contribution is 7.92. The molecule has 0 amide bonds. The fourth-order valence-electron chi connectivity index (χ4n) is 2.95. The van der Waals surface area contributed by atoms with Gasteiger partial charge >= 0.3 is 5.97 Å². The third kappa shape index (κ3) is 5.57. The van der Waals surface area contributed by atoms with E-state index in [2.05, 4.69) is 20.0 Å². The Morgan fingerprint density at radius 3 is 2.55 bits per heavy atom. The van der Waals surface area contributed by atoms with Crippen molar-refractivity contribution >= 4 is 21.7 Å². The van der Waals surface area contributed by atoms with Crippen LogP contribution in [0.4, 0.5) is 5.69 Å². The lowest BCUT2D eigenvalue weighted by Crippen LogP contribution is -2.14. The number of hydrogen-bond donors (Lipinski definition) is 1. The van der Waals surface area contributed by atoms with Crippen molar-refractivity contribution in [3.05, 3.63) is 53.7 Å². The Bertz CT molecular complexity index is 1180. The molecular weight excluding hydrogens is 422 g/mol. The van der Waals surface area contributed by atoms with Crippen LogP contribution in [-0.4, -0.2) is 47.7 Å². The molecule has 164 valence electrons. The topological polar surface area (TPSA) is 125 Å². The summed E-state index contributed by atoms with van der Waals surface area (Å²) >= 11 is 0. The van der Waals surface area contributed by atoms with E-state index in [0.717, 1.165) is 11.8 Å². The van der Waals surface area contributed by atoms with Gasteiger partial charge in [-0.15, -0.1) is 5.10 Å². The Morgan fingerprint density at radius 1 is 1.19 bits per heavy atom. The molecular formula is C20H23N5O5S. The quantitative estimate of drug-likeness (QED) is 0.523. The van der Waals surface area contributed by atoms with E-state index in [4.69, 9.17) is 9.47 Å². The average molecular weight is 446 g/mol. The van der Waals surface area contributed by atoms with Crippen molar-refractivity contribution in [1.82, 2.24) is 20.0 Å². The first-order chi connectivity index (χ1) is 14.7. The highest BCUT2D eigenvalue weighted by Gasteiger charge is 2.21. The maximum absolute atomic E-state index is 12.6. The molecule has 0 aliphatic rings. The van der Waals surface area contributed by atoms with Crippen LogP contribution in [0.15, 0.2) is 42.5 Å². The molecule has 2 aromatic heterocycles. The Kier molecular flexibility index (Phi) is 6.54. The number of pyridine rings is 1. The lowest BCUT2D eigenvalue weighted by Gasteiger charge is -2.14. The van der Waals surface area contributed by atoms with Crippen LogP contribution in [0.5, 0.6) is 5.88 Å². The third-order valence-electron chi connectivity index (χ3n) is 4.42. The number of methoxy groups -OCH3 is 1. The van der Waals surface area contributed by atoms with Gasteiger partial charge in [-0.2, -0.15) is 0 Å². The normalized spacial score (nSPS) is 12.3. The number of anilines is 1. The highest BCUT2D eigenvalue weighted by atomic mass is 32.2. The van der Waals surface area contributed by atoms with E-state index in [1.807, 2.05) is 30.3 Å². The summed E-state index contributed by atoms with van der Waals surface area (Å²) < 4.78 is 37.6. The first-order valence-electron chi connectivity index (χ1n) is 9.34. The summed E-state index contributed by atoms with van der Waals surface area (Å²) in [5, 5.41) is 8.09. The average Bonchev–Trinajstić information content (AvgIpc) is 3.08. The molecule has 0 bridgehead atoms. The molecule has 3 aromatic rings. The molecule has 10 nitrogen and oxygen atoms in total. The zero-order valence-electron chi connectivity index (χ0n) is 17.6. The van der Waals surface area contributed by atoms with E-state index < -0.39 is 22.1 Å². The van der Waals surface area contributed by atoms with E-state index in [9.17, 15) is 13.2 Å². The molecule has 1 atom stereocenters. The second kappa shape index (κ2) is 9.13. The maximum Gasteiger partial charge on any atom is 0.312 e. The van der Waals surface area contributed by atoms with Crippen LogP contribution >= 0.6 is 0 Å². The summed E-state index contributed by atoms with van der Waals surface area (Å²) in [6.45, 7) is 1.80. The second-order valence-electron chi connectivity index (χ2n) is 6.86. The van der Waals surface area contributed by atoms with Crippen LogP contribution < -0.4 is 9.46 Å². The van der Waals surface area contributed by atoms with Gasteiger partial charge in [-0.05, 0) is 24.6 Å². The minimum Gasteiger partial charge on any atom is -0.479 e. The smallest absolute Gasteiger partial charge is 0.312 e. The predicted molar refractivity (Wildman–Crippen MR) is 114 cm³/mol. The number of nitrogens with zero attached hydrogens (tertiary/aromatic N) is 4. The summed E-state index contributed by atoms with van der Waals surface area (Å²) in [6, 6.07) is 12.5. The number of carbonyl (C=O) groups excluding carboxylic acids is 1. The maximum atomic E-state index is 12.6. The van der Waals surface area contributed by atoms with Gasteiger partial charge < -0.3 is 9.47 Å². The summed E-state index contributed by atoms with van der Waals surface area (Å²) in [5.41, 5.74) is 2.33. The third-order valence-corrected chi connectivity index (χ3v) is 5.01. The van der Waals surface area contributed by atoms with E-state index in [-0.39, 0.29) is 18.0 Å². The molecule has 0 spiro atoms. The SMILES string of the molecule is COc1nc(-c2nnn(C)c2CC(=O)O[C@H](C)c2ccccc2)ccc1NS(C)(=O)=O. The molecule has 1 N–H and O–H groups in total. The largest absolute Gasteiger partial charge is 0.479 e. The summed E-state index contributed by atoms with van der Waals surface area (Å²) in [6.07, 6.45) is 0.560. The van der Waals surface area contributed by atoms with Crippen molar-refractivity contribution in [3.8, 4) is 17.3 Å². The van der Waals surface area contributed by atoms with Gasteiger partial charge in [-0.3, -0.25) is 14.2 Å². The van der Waals surface area contributed by atoms with Crippen molar-refractivity contribution in [2.24, 2.45) is 7.05 Å². The van der Waals surface area contributed by atoms with Crippen molar-refractivity contribution in [3.63, 3.8) is 0 Å². The van der Waals surface area contributed by atoms with Gasteiger partial charge in [0.1, 0.15) is 17.5 Å². The standard InChI is InChI=1S/C20H23N5O5S/c1-13(14-8-6-5-7-9-14)30-18(26)12-17-19(22-24-25(17)2)15-10-11-16(20(21-15)29-3)23-31(4,27)28/h5-11,13,23H,12H2,1-4H3/t13-/m1/s1. The number of carbonyl (C=O) groups is 1. The van der Waals surface area contributed by atoms with Gasteiger partial charge in [0, 0.05) is 7.05 Å². The number of benzene rings is 1. The molecule has 3 rings (SSSR count). The fraction of sp³-hybridized carbons (Fsp3) is 0.300. The highest BCUT2D eigenvalue weighted by Crippen LogP contribution is 2.28. The number of esters is 1. The van der Waals surface area contributed by atoms with E-state index in [1.165, 1.54) is 17.9 Å². The number of aromatic nitrogens is 4. The minimum atomic E-state index is -3.50. The van der Waals surface area contributed by atoms with E-state index >= 15 is 0 Å². The summed E-state index contributed by atoms with van der Waals surface area (Å²) in [7, 11) is -0.467. The fourth-order valence-corrected chi connectivity index (χ4v) is 3.50. The number of aryl methyl sites for hydroxylation is 1. The molecule has 31 heavy (non-hydrogen) atoms. The van der Waals surface area contributed by atoms with Crippen LogP contribution in [-0.2, 0) is 33.0 Å². The number of nitrogens with one attached hydrogen (secondary N) is 1. The van der Waals surface area contributed by atoms with E-state index in [1.54, 1.807) is 20.0 Å². The lowest BCUT2D eigenvalue weighted by atomic mass is 10.1. The van der Waals surface area contributed by atoms with Crippen molar-refractivity contribution < 1.29 is 22.7 Å². The molecule has 0 unspecified atom stereocenters. The predicted octanol–water partition coefficient (Wildman–Crippen LogP) is 2.10. The Balaban J connectivity index is 1.83. The second-order valence-corrected chi connectivity index (χ2v) is 8.60. The molecule has 0 saturated heterocycles. The number of sulfonamides is 1. The monoisotopic (exact) mass is 445 g/mol. The Morgan fingerprint density at radius 2 is 1.90 bits per heavy atom. The van der Waals surface area contributed by atoms with Crippen LogP contribution in [0.1, 0.15) is 24.3 Å². The molecule has 1 aromatic carbocycles. The molecule has 0 aliphatic heterocycles. The van der Waals surface area contributed by atoms with Crippen LogP contribution in [0.3, 0.4) is 0 Å². The van der Waals surface area contributed by atoms with Gasteiger partial charge in [-0.1, -0.05) is 35.5 Å². The number of rotatable bonds is 8. The molecule has 0 aliphatic carbocycles. The summed E-state index contributed by atoms with van der Waals surface area (Å²) in [4.78, 5) is 16.9. The van der Waals surface area contributed by atoms with Crippen LogP contribution in [0, 0.1) is 0 Å². The lowest BCUT2D eigenvalue weighted by molar-refractivity contribution is -0.147. The Hall–Kier alpha value is -3.47. The molecule has 2 heterocycles. The zero-order chi connectivity index (χ0) is 22.6. The Labute approximate surface area is 180 Å². The van der Waals surface area contributed by atoms with Gasteiger partial charge in [0.15, 0.2) is 0 Å². The van der Waals surface area contributed by atoms with Gasteiger partial charge in [0.2, 0.25) is 15.9 Å². The van der Waals surface area contributed by atoms with Crippen molar-refractivity contribution in [2.75, 3.05) is 18.1 Å². The molecule has 11 heteroatoms. The van der Waals surface area contributed by atoms with Gasteiger partial charge in [0.25, 0.3) is 0 Å². The van der Waals surface area contributed by atoms with Gasteiger partial charge in [0.05, 0.1) is 31.2 Å². The van der Waals surface area contributed by atoms with E-state index in [0.29, 0.717) is 17.1 Å². The van der Waals surface area contributed by atoms with Crippen molar-refractivity contribution in [2.45, 2.75) is 19.4 Å². The molecule has 0 radical (unpaired) electrons. The number of ether oxygens (including phenoxy) is 2. The molecule has 0 fully saturated rings. The minimum absolute atomic E-state index is 0.0661.